The summed E-state index contributed by atoms with van der Waals surface area (Å²) in [5, 5.41) is 12.1. The van der Waals surface area contributed by atoms with Gasteiger partial charge in [-0.3, -0.25) is 0 Å². The number of hydrogen-bond acceptors (Lipinski definition) is 2. The van der Waals surface area contributed by atoms with Crippen LogP contribution < -0.4 is 5.32 Å². The largest absolute Gasteiger partial charge is 0.354 e. The first-order valence-electron chi connectivity index (χ1n) is 5.02. The van der Waals surface area contributed by atoms with Crippen molar-refractivity contribution in [1.29, 1.82) is 5.26 Å². The molecular formula is C13H7Br2FN2. The van der Waals surface area contributed by atoms with Gasteiger partial charge in [0.15, 0.2) is 0 Å². The molecule has 0 radical (unpaired) electrons. The predicted octanol–water partition coefficient (Wildman–Crippen LogP) is 4.97. The van der Waals surface area contributed by atoms with Gasteiger partial charge in [0.2, 0.25) is 0 Å². The van der Waals surface area contributed by atoms with E-state index in [0.717, 1.165) is 0 Å². The molecule has 2 aromatic rings. The van der Waals surface area contributed by atoms with E-state index in [1.807, 2.05) is 6.07 Å². The summed E-state index contributed by atoms with van der Waals surface area (Å²) in [4.78, 5) is 0. The molecule has 2 nitrogen and oxygen atoms in total. The number of nitrogens with one attached hydrogen (secondary N) is 1. The molecule has 90 valence electrons. The third-order valence-electron chi connectivity index (χ3n) is 2.32. The molecule has 0 heterocycles. The molecular weight excluding hydrogens is 363 g/mol. The third-order valence-corrected chi connectivity index (χ3v) is 3.63. The van der Waals surface area contributed by atoms with Crippen LogP contribution in [-0.2, 0) is 0 Å². The van der Waals surface area contributed by atoms with E-state index < -0.39 is 0 Å². The molecule has 2 aromatic carbocycles. The molecule has 18 heavy (non-hydrogen) atoms. The molecule has 0 saturated heterocycles. The zero-order chi connectivity index (χ0) is 13.1. The molecule has 1 N–H and O–H groups in total. The van der Waals surface area contributed by atoms with Gasteiger partial charge in [-0.25, -0.2) is 4.39 Å². The van der Waals surface area contributed by atoms with Gasteiger partial charge in [-0.1, -0.05) is 6.07 Å². The maximum Gasteiger partial charge on any atom is 0.139 e. The minimum Gasteiger partial charge on any atom is -0.354 e. The molecule has 2 rings (SSSR count). The summed E-state index contributed by atoms with van der Waals surface area (Å²) in [5.74, 6) is -0.353. The first-order valence-corrected chi connectivity index (χ1v) is 6.61. The van der Waals surface area contributed by atoms with Gasteiger partial charge in [-0.05, 0) is 62.2 Å². The second-order valence-electron chi connectivity index (χ2n) is 3.53. The van der Waals surface area contributed by atoms with Crippen LogP contribution in [0.25, 0.3) is 0 Å². The Labute approximate surface area is 121 Å². The maximum absolute atomic E-state index is 13.4. The minimum absolute atomic E-state index is 0.353. The average molecular weight is 370 g/mol. The number of nitrogens with zero attached hydrogens (tertiary/aromatic N) is 1. The van der Waals surface area contributed by atoms with Crippen molar-refractivity contribution in [1.82, 2.24) is 0 Å². The molecule has 5 heteroatoms. The quantitative estimate of drug-likeness (QED) is 0.811. The molecule has 0 spiro atoms. The van der Waals surface area contributed by atoms with Crippen LogP contribution in [0, 0.1) is 17.1 Å². The number of rotatable bonds is 2. The Hall–Kier alpha value is -1.38. The van der Waals surface area contributed by atoms with E-state index in [1.165, 1.54) is 6.07 Å². The number of halogens is 3. The van der Waals surface area contributed by atoms with Crippen molar-refractivity contribution in [3.63, 3.8) is 0 Å². The van der Waals surface area contributed by atoms with Gasteiger partial charge in [0, 0.05) is 10.2 Å². The second-order valence-corrected chi connectivity index (χ2v) is 5.24. The van der Waals surface area contributed by atoms with Crippen molar-refractivity contribution in [3.8, 4) is 6.07 Å². The van der Waals surface area contributed by atoms with Crippen molar-refractivity contribution in [2.45, 2.75) is 0 Å². The highest BCUT2D eigenvalue weighted by Crippen LogP contribution is 2.28. The molecule has 0 aromatic heterocycles. The van der Waals surface area contributed by atoms with Crippen LogP contribution >= 0.6 is 31.9 Å². The fourth-order valence-electron chi connectivity index (χ4n) is 1.47. The van der Waals surface area contributed by atoms with E-state index in [0.29, 0.717) is 25.9 Å². The van der Waals surface area contributed by atoms with Crippen LogP contribution in [-0.4, -0.2) is 0 Å². The van der Waals surface area contributed by atoms with E-state index in [1.54, 1.807) is 24.3 Å². The summed E-state index contributed by atoms with van der Waals surface area (Å²) in [6.45, 7) is 0. The number of anilines is 2. The van der Waals surface area contributed by atoms with Crippen LogP contribution in [0.2, 0.25) is 0 Å². The van der Waals surface area contributed by atoms with Crippen LogP contribution in [0.15, 0.2) is 45.3 Å². The monoisotopic (exact) mass is 368 g/mol. The molecule has 0 saturated carbocycles. The SMILES string of the molecule is N#Cc1c(Br)cccc1Nc1ccc(Br)c(F)c1. The van der Waals surface area contributed by atoms with Crippen molar-refractivity contribution in [2.75, 3.05) is 5.32 Å². The highest BCUT2D eigenvalue weighted by Gasteiger charge is 2.07. The summed E-state index contributed by atoms with van der Waals surface area (Å²) < 4.78 is 14.5. The predicted molar refractivity (Wildman–Crippen MR) is 76.2 cm³/mol. The van der Waals surface area contributed by atoms with Gasteiger partial charge < -0.3 is 5.32 Å². The van der Waals surface area contributed by atoms with Gasteiger partial charge in [0.1, 0.15) is 11.9 Å². The topological polar surface area (TPSA) is 35.8 Å². The second kappa shape index (κ2) is 5.51. The zero-order valence-electron chi connectivity index (χ0n) is 9.05. The Balaban J connectivity index is 2.37. The lowest BCUT2D eigenvalue weighted by molar-refractivity contribution is 0.622. The molecule has 0 aliphatic carbocycles. The van der Waals surface area contributed by atoms with Crippen LogP contribution in [0.5, 0.6) is 0 Å². The fraction of sp³-hybridized carbons (Fsp3) is 0. The number of hydrogen-bond donors (Lipinski definition) is 1. The first kappa shape index (κ1) is 13.1. The highest BCUT2D eigenvalue weighted by molar-refractivity contribution is 9.10. The smallest absolute Gasteiger partial charge is 0.139 e. The summed E-state index contributed by atoms with van der Waals surface area (Å²) >= 11 is 6.39. The van der Waals surface area contributed by atoms with Crippen molar-refractivity contribution >= 4 is 43.2 Å². The molecule has 0 amide bonds. The van der Waals surface area contributed by atoms with E-state index in [-0.39, 0.29) is 5.82 Å². The summed E-state index contributed by atoms with van der Waals surface area (Å²) in [7, 11) is 0. The molecule has 0 fully saturated rings. The van der Waals surface area contributed by atoms with E-state index in [2.05, 4.69) is 43.2 Å². The van der Waals surface area contributed by atoms with Crippen LogP contribution in [0.4, 0.5) is 15.8 Å². The number of benzene rings is 2. The van der Waals surface area contributed by atoms with Crippen LogP contribution in [0.3, 0.4) is 0 Å². The Morgan fingerprint density at radius 1 is 1.11 bits per heavy atom. The Kier molecular flexibility index (Phi) is 4.00. The lowest BCUT2D eigenvalue weighted by Gasteiger charge is -2.09. The summed E-state index contributed by atoms with van der Waals surface area (Å²) in [6.07, 6.45) is 0. The molecule has 0 aliphatic rings. The standard InChI is InChI=1S/C13H7Br2FN2/c14-10-2-1-3-13(9(10)7-17)18-8-4-5-11(15)12(16)6-8/h1-6,18H. The van der Waals surface area contributed by atoms with E-state index in [9.17, 15) is 4.39 Å². The highest BCUT2D eigenvalue weighted by atomic mass is 79.9. The summed E-state index contributed by atoms with van der Waals surface area (Å²) in [6, 6.07) is 12.2. The Morgan fingerprint density at radius 3 is 2.56 bits per heavy atom. The normalized spacial score (nSPS) is 9.89. The lowest BCUT2D eigenvalue weighted by Crippen LogP contribution is -1.95. The van der Waals surface area contributed by atoms with Gasteiger partial charge >= 0.3 is 0 Å². The van der Waals surface area contributed by atoms with Gasteiger partial charge in [-0.2, -0.15) is 5.26 Å². The van der Waals surface area contributed by atoms with Crippen molar-refractivity contribution < 1.29 is 4.39 Å². The molecule has 0 unspecified atom stereocenters. The fourth-order valence-corrected chi connectivity index (χ4v) is 2.17. The first-order chi connectivity index (χ1) is 8.61. The summed E-state index contributed by atoms with van der Waals surface area (Å²) in [5.41, 5.74) is 1.71. The van der Waals surface area contributed by atoms with Gasteiger partial charge in [0.05, 0.1) is 15.7 Å². The number of nitriles is 1. The Bertz CT molecular complexity index is 635. The lowest BCUT2D eigenvalue weighted by atomic mass is 10.2. The van der Waals surface area contributed by atoms with Crippen LogP contribution in [0.1, 0.15) is 5.56 Å². The third kappa shape index (κ3) is 2.71. The molecule has 0 aliphatic heterocycles. The van der Waals surface area contributed by atoms with Gasteiger partial charge in [-0.15, -0.1) is 0 Å². The minimum atomic E-state index is -0.353. The average Bonchev–Trinajstić information content (AvgIpc) is 2.34. The van der Waals surface area contributed by atoms with E-state index >= 15 is 0 Å². The zero-order valence-corrected chi connectivity index (χ0v) is 12.2. The maximum atomic E-state index is 13.4. The molecule has 0 atom stereocenters. The molecule has 0 bridgehead atoms. The van der Waals surface area contributed by atoms with E-state index in [4.69, 9.17) is 5.26 Å². The van der Waals surface area contributed by atoms with Crippen molar-refractivity contribution in [2.24, 2.45) is 0 Å². The van der Waals surface area contributed by atoms with Crippen molar-refractivity contribution in [3.05, 3.63) is 56.7 Å². The van der Waals surface area contributed by atoms with Gasteiger partial charge in [0.25, 0.3) is 0 Å². The Morgan fingerprint density at radius 2 is 1.89 bits per heavy atom.